The molecule has 0 spiro atoms. The summed E-state index contributed by atoms with van der Waals surface area (Å²) in [6.45, 7) is 2.52. The van der Waals surface area contributed by atoms with Crippen LogP contribution in [-0.2, 0) is 0 Å². The molecule has 2 rings (SSSR count). The van der Waals surface area contributed by atoms with Crippen LogP contribution in [0.1, 0.15) is 18.4 Å². The Hall–Kier alpha value is -2.61. The maximum atomic E-state index is 12.3. The topological polar surface area (TPSA) is 63.4 Å². The van der Waals surface area contributed by atoms with E-state index in [4.69, 9.17) is 10.8 Å². The SMILES string of the molecule is CN(/C=C(\C=C/C=N)c1ccc(OC(F)(F)F)cc1)C(=N)CN1CCCC1. The Morgan fingerprint density at radius 3 is 2.41 bits per heavy atom. The predicted octanol–water partition coefficient (Wildman–Crippen LogP) is 4.14. The third-order valence-electron chi connectivity index (χ3n) is 4.12. The molecule has 1 aliphatic rings. The fourth-order valence-electron chi connectivity index (χ4n) is 2.77. The number of allylic oxidation sites excluding steroid dienone is 3. The molecule has 1 heterocycles. The molecular formula is C19H23F3N4O. The minimum Gasteiger partial charge on any atom is -0.406 e. The molecule has 1 aromatic carbocycles. The summed E-state index contributed by atoms with van der Waals surface area (Å²) in [7, 11) is 1.76. The van der Waals surface area contributed by atoms with E-state index < -0.39 is 6.36 Å². The van der Waals surface area contributed by atoms with Gasteiger partial charge in [-0.3, -0.25) is 10.3 Å². The van der Waals surface area contributed by atoms with Crippen LogP contribution in [0.2, 0.25) is 0 Å². The molecule has 0 aliphatic carbocycles. The van der Waals surface area contributed by atoms with Gasteiger partial charge in [-0.05, 0) is 55.3 Å². The van der Waals surface area contributed by atoms with Gasteiger partial charge in [-0.2, -0.15) is 0 Å². The van der Waals surface area contributed by atoms with E-state index in [9.17, 15) is 13.2 Å². The third-order valence-corrected chi connectivity index (χ3v) is 4.12. The second-order valence-electron chi connectivity index (χ2n) is 6.22. The van der Waals surface area contributed by atoms with Crippen molar-refractivity contribution in [2.45, 2.75) is 19.2 Å². The van der Waals surface area contributed by atoms with Gasteiger partial charge < -0.3 is 15.0 Å². The highest BCUT2D eigenvalue weighted by Crippen LogP contribution is 2.25. The van der Waals surface area contributed by atoms with Crippen LogP contribution in [0, 0.1) is 10.8 Å². The monoisotopic (exact) mass is 380 g/mol. The Morgan fingerprint density at radius 2 is 1.85 bits per heavy atom. The number of ether oxygens (including phenoxy) is 1. The Labute approximate surface area is 156 Å². The molecule has 1 saturated heterocycles. The minimum absolute atomic E-state index is 0.295. The lowest BCUT2D eigenvalue weighted by Crippen LogP contribution is -2.34. The fourth-order valence-corrected chi connectivity index (χ4v) is 2.77. The zero-order valence-electron chi connectivity index (χ0n) is 15.1. The molecule has 0 saturated carbocycles. The average molecular weight is 380 g/mol. The maximum Gasteiger partial charge on any atom is 0.573 e. The lowest BCUT2D eigenvalue weighted by molar-refractivity contribution is -0.274. The van der Waals surface area contributed by atoms with Crippen molar-refractivity contribution in [1.29, 1.82) is 10.8 Å². The molecule has 0 radical (unpaired) electrons. The number of hydrogen-bond donors (Lipinski definition) is 2. The first-order valence-electron chi connectivity index (χ1n) is 8.56. The first-order chi connectivity index (χ1) is 12.8. The van der Waals surface area contributed by atoms with Gasteiger partial charge in [0.25, 0.3) is 0 Å². The molecule has 0 bridgehead atoms. The first kappa shape index (κ1) is 20.7. The molecule has 146 valence electrons. The van der Waals surface area contributed by atoms with Crippen LogP contribution >= 0.6 is 0 Å². The highest BCUT2D eigenvalue weighted by Gasteiger charge is 2.31. The summed E-state index contributed by atoms with van der Waals surface area (Å²) in [5, 5.41) is 15.4. The van der Waals surface area contributed by atoms with Gasteiger partial charge in [0.2, 0.25) is 0 Å². The Balaban J connectivity index is 2.15. The van der Waals surface area contributed by atoms with Crippen LogP contribution in [0.5, 0.6) is 5.75 Å². The number of rotatable bonds is 7. The minimum atomic E-state index is -4.73. The lowest BCUT2D eigenvalue weighted by Gasteiger charge is -2.22. The molecule has 0 amide bonds. The van der Waals surface area contributed by atoms with Crippen LogP contribution in [0.3, 0.4) is 0 Å². The predicted molar refractivity (Wildman–Crippen MR) is 100 cm³/mol. The van der Waals surface area contributed by atoms with E-state index >= 15 is 0 Å². The number of alkyl halides is 3. The van der Waals surface area contributed by atoms with Crippen molar-refractivity contribution in [2.24, 2.45) is 0 Å². The number of benzene rings is 1. The van der Waals surface area contributed by atoms with Crippen molar-refractivity contribution in [1.82, 2.24) is 9.80 Å². The smallest absolute Gasteiger partial charge is 0.406 e. The summed E-state index contributed by atoms with van der Waals surface area (Å²) < 4.78 is 40.8. The molecule has 1 aromatic rings. The van der Waals surface area contributed by atoms with Crippen molar-refractivity contribution in [3.63, 3.8) is 0 Å². The second kappa shape index (κ2) is 9.36. The zero-order chi connectivity index (χ0) is 19.9. The molecule has 2 N–H and O–H groups in total. The van der Waals surface area contributed by atoms with E-state index in [1.54, 1.807) is 24.2 Å². The maximum absolute atomic E-state index is 12.3. The number of likely N-dealkylation sites (tertiary alicyclic amines) is 1. The third kappa shape index (κ3) is 6.90. The van der Waals surface area contributed by atoms with Gasteiger partial charge in [0.05, 0.1) is 6.54 Å². The van der Waals surface area contributed by atoms with E-state index in [1.807, 2.05) is 0 Å². The molecule has 1 fully saturated rings. The first-order valence-corrected chi connectivity index (χ1v) is 8.56. The largest absolute Gasteiger partial charge is 0.573 e. The average Bonchev–Trinajstić information content (AvgIpc) is 3.10. The van der Waals surface area contributed by atoms with Gasteiger partial charge in [0, 0.05) is 19.5 Å². The van der Waals surface area contributed by atoms with E-state index in [0.29, 0.717) is 23.5 Å². The fraction of sp³-hybridized carbons (Fsp3) is 0.368. The van der Waals surface area contributed by atoms with Crippen LogP contribution in [0.25, 0.3) is 5.57 Å². The van der Waals surface area contributed by atoms with Gasteiger partial charge in [0.1, 0.15) is 11.6 Å². The number of hydrogen-bond acceptors (Lipinski definition) is 4. The molecule has 27 heavy (non-hydrogen) atoms. The number of amidine groups is 1. The van der Waals surface area contributed by atoms with Gasteiger partial charge >= 0.3 is 6.36 Å². The van der Waals surface area contributed by atoms with Crippen molar-refractivity contribution < 1.29 is 17.9 Å². The zero-order valence-corrected chi connectivity index (χ0v) is 15.1. The van der Waals surface area contributed by atoms with E-state index in [0.717, 1.165) is 32.1 Å². The van der Waals surface area contributed by atoms with E-state index in [1.165, 1.54) is 30.3 Å². The van der Waals surface area contributed by atoms with Crippen molar-refractivity contribution in [3.05, 3.63) is 48.2 Å². The highest BCUT2D eigenvalue weighted by atomic mass is 19.4. The Morgan fingerprint density at radius 1 is 1.22 bits per heavy atom. The number of nitrogens with one attached hydrogen (secondary N) is 2. The number of likely N-dealkylation sites (N-methyl/N-ethyl adjacent to an activating group) is 1. The standard InChI is InChI=1S/C19H23F3N4O/c1-25(18(24)14-26-11-2-3-12-26)13-16(5-4-10-23)15-6-8-17(9-7-15)27-19(20,21)22/h4-10,13,23-24H,2-3,11-12,14H2,1H3/b5-4-,16-13+,23-10?,24-18?. The van der Waals surface area contributed by atoms with Gasteiger partial charge in [0.15, 0.2) is 0 Å². The Kier molecular flexibility index (Phi) is 7.18. The normalized spacial score (nSPS) is 15.9. The number of halogens is 3. The highest BCUT2D eigenvalue weighted by molar-refractivity contribution is 5.86. The second-order valence-corrected chi connectivity index (χ2v) is 6.22. The quantitative estimate of drug-likeness (QED) is 0.425. The summed E-state index contributed by atoms with van der Waals surface area (Å²) in [6, 6.07) is 5.51. The molecular weight excluding hydrogens is 357 g/mol. The summed E-state index contributed by atoms with van der Waals surface area (Å²) in [5.74, 6) is 0.131. The van der Waals surface area contributed by atoms with E-state index in [-0.39, 0.29) is 5.75 Å². The summed E-state index contributed by atoms with van der Waals surface area (Å²) in [5.41, 5.74) is 1.33. The molecule has 1 aliphatic heterocycles. The lowest BCUT2D eigenvalue weighted by atomic mass is 10.1. The van der Waals surface area contributed by atoms with Gasteiger partial charge in [-0.25, -0.2) is 0 Å². The molecule has 0 unspecified atom stereocenters. The van der Waals surface area contributed by atoms with Crippen LogP contribution in [0.15, 0.2) is 42.6 Å². The van der Waals surface area contributed by atoms with Crippen LogP contribution < -0.4 is 4.74 Å². The number of nitrogens with zero attached hydrogens (tertiary/aromatic N) is 2. The van der Waals surface area contributed by atoms with Crippen molar-refractivity contribution >= 4 is 17.6 Å². The van der Waals surface area contributed by atoms with E-state index in [2.05, 4.69) is 9.64 Å². The molecule has 5 nitrogen and oxygen atoms in total. The summed E-state index contributed by atoms with van der Waals surface area (Å²) in [6.07, 6.45) is 3.60. The molecule has 0 aromatic heterocycles. The molecule has 8 heteroatoms. The summed E-state index contributed by atoms with van der Waals surface area (Å²) >= 11 is 0. The van der Waals surface area contributed by atoms with Crippen molar-refractivity contribution in [2.75, 3.05) is 26.7 Å². The molecule has 0 atom stereocenters. The van der Waals surface area contributed by atoms with Gasteiger partial charge in [-0.1, -0.05) is 18.2 Å². The van der Waals surface area contributed by atoms with Crippen LogP contribution in [0.4, 0.5) is 13.2 Å². The van der Waals surface area contributed by atoms with Gasteiger partial charge in [-0.15, -0.1) is 13.2 Å². The summed E-state index contributed by atoms with van der Waals surface area (Å²) in [4.78, 5) is 3.89. The van der Waals surface area contributed by atoms with Crippen molar-refractivity contribution in [3.8, 4) is 5.75 Å². The Bertz CT molecular complexity index is 705. The van der Waals surface area contributed by atoms with Crippen LogP contribution in [-0.4, -0.2) is 54.9 Å².